The number of amides is 4. The first-order valence-corrected chi connectivity index (χ1v) is 23.3. The summed E-state index contributed by atoms with van der Waals surface area (Å²) >= 11 is 6.53. The number of carbonyl (C=O) groups is 4. The third kappa shape index (κ3) is 9.63. The number of benzene rings is 3. The van der Waals surface area contributed by atoms with Gasteiger partial charge < -0.3 is 48.0 Å². The number of piperazine rings is 1. The Kier molecular flexibility index (Phi) is 14.8. The SMILES string of the molecule is C=CCOC(=O)N1c2cc(OCCCCCC(=O)N3C[C@@H](CCl)c4c3cc(OC(=O)N3CCN(C)CC3)c3ccccc43)c(OC)cc2C(=O)N2CCCCC2[C@@H]1OC1CCCCO1. The Hall–Kier alpha value is -5.09. The van der Waals surface area contributed by atoms with Crippen LogP contribution in [0.5, 0.6) is 17.2 Å². The molecule has 64 heavy (non-hydrogen) atoms. The van der Waals surface area contributed by atoms with E-state index in [0.29, 0.717) is 100 Å². The summed E-state index contributed by atoms with van der Waals surface area (Å²) in [7, 11) is 3.55. The van der Waals surface area contributed by atoms with Gasteiger partial charge in [0, 0.05) is 81.6 Å². The Labute approximate surface area is 380 Å². The summed E-state index contributed by atoms with van der Waals surface area (Å²) in [6, 6.07) is 12.5. The zero-order chi connectivity index (χ0) is 44.7. The van der Waals surface area contributed by atoms with Gasteiger partial charge in [-0.15, -0.1) is 11.6 Å². The molecule has 344 valence electrons. The minimum Gasteiger partial charge on any atom is -0.493 e. The van der Waals surface area contributed by atoms with E-state index >= 15 is 0 Å². The Bertz CT molecular complexity index is 2190. The molecular weight excluding hydrogens is 842 g/mol. The number of halogens is 1. The van der Waals surface area contributed by atoms with Crippen LogP contribution in [0, 0.1) is 0 Å². The molecule has 3 aromatic rings. The summed E-state index contributed by atoms with van der Waals surface area (Å²) in [5.74, 6) is 1.15. The number of hydrogen-bond acceptors (Lipinski definition) is 11. The number of rotatable bonds is 14. The van der Waals surface area contributed by atoms with E-state index in [1.807, 2.05) is 37.4 Å². The molecule has 8 rings (SSSR count). The van der Waals surface area contributed by atoms with Crippen molar-refractivity contribution < 1.29 is 47.6 Å². The van der Waals surface area contributed by atoms with Crippen LogP contribution in [-0.2, 0) is 19.0 Å². The van der Waals surface area contributed by atoms with Gasteiger partial charge in [-0.25, -0.2) is 14.5 Å². The molecule has 3 fully saturated rings. The van der Waals surface area contributed by atoms with Crippen LogP contribution in [0.4, 0.5) is 21.0 Å². The van der Waals surface area contributed by atoms with Crippen molar-refractivity contribution in [1.82, 2.24) is 14.7 Å². The van der Waals surface area contributed by atoms with E-state index in [9.17, 15) is 19.2 Å². The lowest BCUT2D eigenvalue weighted by Gasteiger charge is -2.42. The predicted molar refractivity (Wildman–Crippen MR) is 243 cm³/mol. The summed E-state index contributed by atoms with van der Waals surface area (Å²) in [6.45, 7) is 8.22. The number of nitrogens with zero attached hydrogens (tertiary/aromatic N) is 5. The first kappa shape index (κ1) is 45.5. The van der Waals surface area contributed by atoms with Crippen LogP contribution in [0.15, 0.2) is 55.1 Å². The van der Waals surface area contributed by atoms with E-state index in [2.05, 4.69) is 11.5 Å². The Morgan fingerprint density at radius 2 is 1.67 bits per heavy atom. The fourth-order valence-corrected chi connectivity index (χ4v) is 9.82. The lowest BCUT2D eigenvalue weighted by molar-refractivity contribution is -0.198. The van der Waals surface area contributed by atoms with Crippen LogP contribution in [0.1, 0.15) is 86.0 Å². The first-order chi connectivity index (χ1) is 31.2. The minimum absolute atomic E-state index is 0.0240. The number of likely N-dealkylation sites (N-methyl/N-ethyl adjacent to an activating group) is 1. The molecule has 3 saturated heterocycles. The molecule has 5 aliphatic rings. The first-order valence-electron chi connectivity index (χ1n) is 22.8. The maximum Gasteiger partial charge on any atom is 0.416 e. The molecule has 0 aliphatic carbocycles. The molecule has 4 atom stereocenters. The Balaban J connectivity index is 0.953. The van der Waals surface area contributed by atoms with E-state index < -0.39 is 30.7 Å². The number of ether oxygens (including phenoxy) is 6. The highest BCUT2D eigenvalue weighted by atomic mass is 35.5. The van der Waals surface area contributed by atoms with Crippen LogP contribution >= 0.6 is 11.6 Å². The summed E-state index contributed by atoms with van der Waals surface area (Å²) < 4.78 is 36.4. The standard InChI is InChI=1S/C48H60ClN5O10/c1-4-24-62-48(58)54-37-28-41(40(59-3)27-35(37)45(56)52-19-11-9-16-36(52)46(54)64-43-18-10-13-26-61-43)60-25-12-5-6-17-42(55)53-31-32(30-49)44-34-15-8-7-14-33(34)39(29-38(44)53)63-47(57)51-22-20-50(2)21-23-51/h4,7-8,14-15,27-29,32,36,43,46H,1,5-6,9-13,16-26,30-31H2,2-3H3/t32-,36?,43?,46+/m1/s1. The van der Waals surface area contributed by atoms with E-state index in [1.54, 1.807) is 26.8 Å². The van der Waals surface area contributed by atoms with Gasteiger partial charge in [-0.3, -0.25) is 9.59 Å². The number of unbranched alkanes of at least 4 members (excludes halogenated alkanes) is 2. The maximum absolute atomic E-state index is 14.3. The molecule has 0 saturated carbocycles. The molecule has 16 heteroatoms. The number of alkyl halides is 1. The number of piperidine rings is 1. The predicted octanol–water partition coefficient (Wildman–Crippen LogP) is 7.91. The van der Waals surface area contributed by atoms with Crippen molar-refractivity contribution in [3.63, 3.8) is 0 Å². The molecule has 0 radical (unpaired) electrons. The third-order valence-electron chi connectivity index (χ3n) is 13.0. The molecule has 0 spiro atoms. The van der Waals surface area contributed by atoms with Crippen LogP contribution in [-0.4, -0.2) is 136 Å². The molecule has 15 nitrogen and oxygen atoms in total. The molecule has 5 heterocycles. The van der Waals surface area contributed by atoms with E-state index in [1.165, 1.54) is 18.1 Å². The van der Waals surface area contributed by atoms with E-state index in [0.717, 1.165) is 60.8 Å². The third-order valence-corrected chi connectivity index (χ3v) is 13.4. The molecular formula is C48H60ClN5O10. The summed E-state index contributed by atoms with van der Waals surface area (Å²) in [4.78, 5) is 64.6. The van der Waals surface area contributed by atoms with Crippen LogP contribution in [0.2, 0.25) is 0 Å². The molecule has 2 unspecified atom stereocenters. The van der Waals surface area contributed by atoms with Crippen molar-refractivity contribution >= 4 is 57.7 Å². The molecule has 0 aromatic heterocycles. The zero-order valence-electron chi connectivity index (χ0n) is 37.0. The fraction of sp³-hybridized carbons (Fsp3) is 0.542. The second-order valence-electron chi connectivity index (χ2n) is 17.2. The lowest BCUT2D eigenvalue weighted by atomic mass is 9.95. The molecule has 0 bridgehead atoms. The highest BCUT2D eigenvalue weighted by Gasteiger charge is 2.47. The normalized spacial score (nSPS) is 22.3. The number of carbonyl (C=O) groups excluding carboxylic acids is 4. The van der Waals surface area contributed by atoms with Gasteiger partial charge in [-0.1, -0.05) is 36.9 Å². The van der Waals surface area contributed by atoms with Gasteiger partial charge in [0.15, 0.2) is 24.0 Å². The molecule has 3 aromatic carbocycles. The number of fused-ring (bicyclic) bond motifs is 5. The molecule has 4 amide bonds. The van der Waals surface area contributed by atoms with Gasteiger partial charge in [0.2, 0.25) is 5.91 Å². The van der Waals surface area contributed by atoms with Crippen molar-refractivity contribution in [3.8, 4) is 17.2 Å². The summed E-state index contributed by atoms with van der Waals surface area (Å²) in [5, 5.41) is 1.73. The van der Waals surface area contributed by atoms with Gasteiger partial charge in [-0.2, -0.15) is 0 Å². The van der Waals surface area contributed by atoms with Crippen molar-refractivity contribution in [2.75, 3.05) is 88.9 Å². The van der Waals surface area contributed by atoms with Gasteiger partial charge in [0.1, 0.15) is 12.4 Å². The topological polar surface area (TPSA) is 140 Å². The average molecular weight is 902 g/mol. The summed E-state index contributed by atoms with van der Waals surface area (Å²) in [6.07, 6.45) is 6.14. The fourth-order valence-electron chi connectivity index (χ4n) is 9.57. The highest BCUT2D eigenvalue weighted by molar-refractivity contribution is 6.19. The lowest BCUT2D eigenvalue weighted by Crippen LogP contribution is -2.57. The molecule has 5 aliphatic heterocycles. The average Bonchev–Trinajstić information content (AvgIpc) is 3.67. The van der Waals surface area contributed by atoms with Gasteiger partial charge in [0.25, 0.3) is 5.91 Å². The molecule has 0 N–H and O–H groups in total. The van der Waals surface area contributed by atoms with Crippen molar-refractivity contribution in [2.24, 2.45) is 0 Å². The van der Waals surface area contributed by atoms with Crippen LogP contribution in [0.25, 0.3) is 10.8 Å². The number of anilines is 2. The van der Waals surface area contributed by atoms with Gasteiger partial charge in [0.05, 0.1) is 36.7 Å². The van der Waals surface area contributed by atoms with Gasteiger partial charge in [-0.05, 0) is 81.9 Å². The number of hydrogen-bond donors (Lipinski definition) is 0. The van der Waals surface area contributed by atoms with E-state index in [4.69, 9.17) is 40.0 Å². The zero-order valence-corrected chi connectivity index (χ0v) is 37.7. The smallest absolute Gasteiger partial charge is 0.416 e. The number of methoxy groups -OCH3 is 1. The minimum atomic E-state index is -0.866. The second-order valence-corrected chi connectivity index (χ2v) is 17.5. The Morgan fingerprint density at radius 3 is 2.42 bits per heavy atom. The monoisotopic (exact) mass is 901 g/mol. The van der Waals surface area contributed by atoms with Crippen molar-refractivity contribution in [2.45, 2.75) is 88.7 Å². The van der Waals surface area contributed by atoms with Crippen LogP contribution in [0.3, 0.4) is 0 Å². The second kappa shape index (κ2) is 20.8. The highest BCUT2D eigenvalue weighted by Crippen LogP contribution is 2.46. The maximum atomic E-state index is 14.3. The summed E-state index contributed by atoms with van der Waals surface area (Å²) in [5.41, 5.74) is 2.31. The van der Waals surface area contributed by atoms with Crippen molar-refractivity contribution in [3.05, 3.63) is 66.2 Å². The van der Waals surface area contributed by atoms with Crippen LogP contribution < -0.4 is 24.0 Å². The quantitative estimate of drug-likeness (QED) is 0.0886. The van der Waals surface area contributed by atoms with Gasteiger partial charge >= 0.3 is 12.2 Å². The van der Waals surface area contributed by atoms with E-state index in [-0.39, 0.29) is 36.5 Å². The Morgan fingerprint density at radius 1 is 0.891 bits per heavy atom. The largest absolute Gasteiger partial charge is 0.493 e. The van der Waals surface area contributed by atoms with Crippen molar-refractivity contribution in [1.29, 1.82) is 0 Å².